The molecule has 0 radical (unpaired) electrons. The molecule has 0 heterocycles. The Labute approximate surface area is 111 Å². The molecular weight excluding hydrogens is 254 g/mol. The Bertz CT molecular complexity index is 438. The molecule has 0 spiro atoms. The van der Waals surface area contributed by atoms with Gasteiger partial charge < -0.3 is 11.1 Å². The number of nitrogens with one attached hydrogen (secondary N) is 1. The van der Waals surface area contributed by atoms with Crippen LogP contribution in [0.25, 0.3) is 0 Å². The van der Waals surface area contributed by atoms with Gasteiger partial charge >= 0.3 is 0 Å². The summed E-state index contributed by atoms with van der Waals surface area (Å²) in [6.07, 6.45) is 1.97. The topological polar surface area (TPSA) is 81.2 Å². The molecule has 1 unspecified atom stereocenters. The number of halogens is 1. The van der Waals surface area contributed by atoms with Crippen molar-refractivity contribution in [1.29, 1.82) is 0 Å². The molecule has 18 heavy (non-hydrogen) atoms. The van der Waals surface area contributed by atoms with Crippen LogP contribution in [0.15, 0.2) is 12.1 Å². The van der Waals surface area contributed by atoms with E-state index in [2.05, 4.69) is 12.2 Å². The van der Waals surface area contributed by atoms with Crippen molar-refractivity contribution in [2.45, 2.75) is 32.7 Å². The third-order valence-corrected chi connectivity index (χ3v) is 3.07. The second kappa shape index (κ2) is 6.56. The van der Waals surface area contributed by atoms with Crippen LogP contribution < -0.4 is 11.1 Å². The summed E-state index contributed by atoms with van der Waals surface area (Å²) >= 11 is 5.89. The van der Waals surface area contributed by atoms with Gasteiger partial charge in [0.05, 0.1) is 4.92 Å². The molecule has 1 atom stereocenters. The first kappa shape index (κ1) is 14.7. The number of aryl methyl sites for hydroxylation is 1. The van der Waals surface area contributed by atoms with E-state index in [1.165, 1.54) is 6.07 Å². The van der Waals surface area contributed by atoms with Gasteiger partial charge in [0.1, 0.15) is 5.02 Å². The summed E-state index contributed by atoms with van der Waals surface area (Å²) in [5.74, 6) is 0. The minimum Gasteiger partial charge on any atom is -0.381 e. The van der Waals surface area contributed by atoms with Gasteiger partial charge in [0.15, 0.2) is 0 Å². The second-order valence-electron chi connectivity index (χ2n) is 4.24. The molecule has 0 aliphatic heterocycles. The number of nitro groups is 1. The summed E-state index contributed by atoms with van der Waals surface area (Å²) in [6.45, 7) is 4.41. The van der Waals surface area contributed by atoms with E-state index in [0.717, 1.165) is 24.1 Å². The Kier molecular flexibility index (Phi) is 5.37. The number of nitro benzene ring substituents is 1. The van der Waals surface area contributed by atoms with Crippen LogP contribution >= 0.6 is 11.6 Å². The van der Waals surface area contributed by atoms with Gasteiger partial charge in [-0.25, -0.2) is 0 Å². The number of nitrogens with two attached hydrogens (primary N) is 1. The minimum atomic E-state index is -0.481. The van der Waals surface area contributed by atoms with Gasteiger partial charge in [0, 0.05) is 24.3 Å². The first-order chi connectivity index (χ1) is 8.49. The predicted octanol–water partition coefficient (Wildman–Crippen LogP) is 3.10. The molecule has 0 amide bonds. The smallest absolute Gasteiger partial charge is 0.288 e. The largest absolute Gasteiger partial charge is 0.381 e. The van der Waals surface area contributed by atoms with Gasteiger partial charge in [-0.1, -0.05) is 24.9 Å². The average molecular weight is 272 g/mol. The fourth-order valence-corrected chi connectivity index (χ4v) is 2.01. The number of anilines is 1. The van der Waals surface area contributed by atoms with Crippen molar-refractivity contribution in [2.24, 2.45) is 5.73 Å². The van der Waals surface area contributed by atoms with Gasteiger partial charge in [-0.3, -0.25) is 10.1 Å². The van der Waals surface area contributed by atoms with Crippen LogP contribution in [0.5, 0.6) is 0 Å². The van der Waals surface area contributed by atoms with Crippen molar-refractivity contribution in [3.8, 4) is 0 Å². The summed E-state index contributed by atoms with van der Waals surface area (Å²) in [4.78, 5) is 10.3. The molecule has 0 bridgehead atoms. The molecular formula is C12H18ClN3O2. The highest BCUT2D eigenvalue weighted by Gasteiger charge is 2.16. The Balaban J connectivity index is 2.97. The second-order valence-corrected chi connectivity index (χ2v) is 4.65. The van der Waals surface area contributed by atoms with Gasteiger partial charge in [0.25, 0.3) is 5.69 Å². The molecule has 0 saturated carbocycles. The molecule has 0 saturated heterocycles. The maximum absolute atomic E-state index is 10.7. The van der Waals surface area contributed by atoms with Crippen LogP contribution in [0.4, 0.5) is 11.4 Å². The van der Waals surface area contributed by atoms with Crippen molar-refractivity contribution in [2.75, 3.05) is 11.9 Å². The zero-order chi connectivity index (χ0) is 13.7. The number of nitrogens with zero attached hydrogens (tertiary/aromatic N) is 1. The normalized spacial score (nSPS) is 12.2. The van der Waals surface area contributed by atoms with Gasteiger partial charge in [-0.15, -0.1) is 0 Å². The number of rotatable bonds is 6. The fourth-order valence-electron chi connectivity index (χ4n) is 1.78. The molecule has 0 aromatic heterocycles. The van der Waals surface area contributed by atoms with Crippen LogP contribution in [0.2, 0.25) is 5.02 Å². The van der Waals surface area contributed by atoms with E-state index in [-0.39, 0.29) is 16.8 Å². The number of hydrogen-bond acceptors (Lipinski definition) is 4. The van der Waals surface area contributed by atoms with Crippen LogP contribution in [0.3, 0.4) is 0 Å². The summed E-state index contributed by atoms with van der Waals surface area (Å²) < 4.78 is 0. The third kappa shape index (κ3) is 3.58. The Hall–Kier alpha value is -1.33. The van der Waals surface area contributed by atoms with E-state index in [1.54, 1.807) is 6.07 Å². The van der Waals surface area contributed by atoms with Crippen molar-refractivity contribution in [3.05, 3.63) is 32.8 Å². The van der Waals surface area contributed by atoms with Crippen LogP contribution in [0, 0.1) is 17.0 Å². The van der Waals surface area contributed by atoms with E-state index in [0.29, 0.717) is 6.54 Å². The summed E-state index contributed by atoms with van der Waals surface area (Å²) in [7, 11) is 0. The van der Waals surface area contributed by atoms with E-state index < -0.39 is 4.92 Å². The first-order valence-electron chi connectivity index (χ1n) is 5.90. The summed E-state index contributed by atoms with van der Waals surface area (Å²) in [5.41, 5.74) is 7.19. The standard InChI is InChI=1S/C12H18ClN3O2/c1-3-4-9(7-14)15-11-6-10(13)12(16(17)18)5-8(11)2/h5-6,9,15H,3-4,7,14H2,1-2H3. The molecule has 6 heteroatoms. The van der Waals surface area contributed by atoms with Crippen molar-refractivity contribution in [3.63, 3.8) is 0 Å². The molecule has 1 rings (SSSR count). The first-order valence-corrected chi connectivity index (χ1v) is 6.28. The van der Waals surface area contributed by atoms with Gasteiger partial charge in [-0.05, 0) is 25.0 Å². The molecule has 5 nitrogen and oxygen atoms in total. The monoisotopic (exact) mass is 271 g/mol. The zero-order valence-electron chi connectivity index (χ0n) is 10.6. The quantitative estimate of drug-likeness (QED) is 0.615. The highest BCUT2D eigenvalue weighted by Crippen LogP contribution is 2.30. The molecule has 0 aliphatic carbocycles. The Morgan fingerprint density at radius 3 is 2.72 bits per heavy atom. The molecule has 0 fully saturated rings. The lowest BCUT2D eigenvalue weighted by molar-refractivity contribution is -0.384. The summed E-state index contributed by atoms with van der Waals surface area (Å²) in [5, 5.41) is 14.2. The van der Waals surface area contributed by atoms with Crippen molar-refractivity contribution < 1.29 is 4.92 Å². The van der Waals surface area contributed by atoms with Crippen LogP contribution in [-0.2, 0) is 0 Å². The average Bonchev–Trinajstić information content (AvgIpc) is 2.32. The summed E-state index contributed by atoms with van der Waals surface area (Å²) in [6, 6.07) is 3.23. The molecule has 1 aromatic rings. The zero-order valence-corrected chi connectivity index (χ0v) is 11.3. The van der Waals surface area contributed by atoms with E-state index >= 15 is 0 Å². The lowest BCUT2D eigenvalue weighted by Gasteiger charge is -2.19. The van der Waals surface area contributed by atoms with Crippen molar-refractivity contribution >= 4 is 23.0 Å². The molecule has 1 aromatic carbocycles. The molecule has 3 N–H and O–H groups in total. The third-order valence-electron chi connectivity index (χ3n) is 2.77. The molecule has 100 valence electrons. The van der Waals surface area contributed by atoms with E-state index in [1.807, 2.05) is 6.92 Å². The van der Waals surface area contributed by atoms with Crippen LogP contribution in [0.1, 0.15) is 25.3 Å². The number of hydrogen-bond donors (Lipinski definition) is 2. The Morgan fingerprint density at radius 1 is 1.56 bits per heavy atom. The lowest BCUT2D eigenvalue weighted by Crippen LogP contribution is -2.28. The predicted molar refractivity (Wildman–Crippen MR) is 74.2 cm³/mol. The molecule has 0 aliphatic rings. The SMILES string of the molecule is CCCC(CN)Nc1cc(Cl)c([N+](=O)[O-])cc1C. The van der Waals surface area contributed by atoms with E-state index in [9.17, 15) is 10.1 Å². The van der Waals surface area contributed by atoms with Crippen LogP contribution in [-0.4, -0.2) is 17.5 Å². The fraction of sp³-hybridized carbons (Fsp3) is 0.500. The van der Waals surface area contributed by atoms with Gasteiger partial charge in [-0.2, -0.15) is 0 Å². The minimum absolute atomic E-state index is 0.0699. The lowest BCUT2D eigenvalue weighted by atomic mass is 10.1. The van der Waals surface area contributed by atoms with E-state index in [4.69, 9.17) is 17.3 Å². The maximum Gasteiger partial charge on any atom is 0.288 e. The number of benzene rings is 1. The van der Waals surface area contributed by atoms with Crippen molar-refractivity contribution in [1.82, 2.24) is 0 Å². The van der Waals surface area contributed by atoms with Gasteiger partial charge in [0.2, 0.25) is 0 Å². The highest BCUT2D eigenvalue weighted by molar-refractivity contribution is 6.33. The Morgan fingerprint density at radius 2 is 2.22 bits per heavy atom. The maximum atomic E-state index is 10.7. The highest BCUT2D eigenvalue weighted by atomic mass is 35.5.